The molecule has 0 unspecified atom stereocenters. The molecule has 6 nitrogen and oxygen atoms in total. The monoisotopic (exact) mass is 419 g/mol. The molecule has 1 N–H and O–H groups in total. The molecule has 31 heavy (non-hydrogen) atoms. The van der Waals surface area contributed by atoms with Gasteiger partial charge >= 0.3 is 0 Å². The second kappa shape index (κ2) is 10.5. The summed E-state index contributed by atoms with van der Waals surface area (Å²) in [5, 5.41) is 2.87. The van der Waals surface area contributed by atoms with Gasteiger partial charge in [-0.05, 0) is 43.2 Å². The van der Waals surface area contributed by atoms with Crippen molar-refractivity contribution in [3.63, 3.8) is 0 Å². The summed E-state index contributed by atoms with van der Waals surface area (Å²) in [5.74, 6) is 2.17. The molecule has 0 radical (unpaired) electrons. The fourth-order valence-electron chi connectivity index (χ4n) is 3.38. The summed E-state index contributed by atoms with van der Waals surface area (Å²) in [6.45, 7) is 10.7. The highest BCUT2D eigenvalue weighted by molar-refractivity contribution is 5.92. The predicted octanol–water partition coefficient (Wildman–Crippen LogP) is 4.09. The van der Waals surface area contributed by atoms with Gasteiger partial charge in [-0.2, -0.15) is 0 Å². The number of aromatic nitrogens is 2. The van der Waals surface area contributed by atoms with Gasteiger partial charge in [-0.25, -0.2) is 4.98 Å². The quantitative estimate of drug-likeness (QED) is 0.376. The normalized spacial score (nSPS) is 10.6. The number of amides is 1. The van der Waals surface area contributed by atoms with Gasteiger partial charge in [0.25, 0.3) is 0 Å². The van der Waals surface area contributed by atoms with Crippen LogP contribution in [0.4, 0.5) is 0 Å². The van der Waals surface area contributed by atoms with Crippen LogP contribution in [-0.2, 0) is 24.2 Å². The average Bonchev–Trinajstić information content (AvgIpc) is 3.12. The van der Waals surface area contributed by atoms with Gasteiger partial charge in [0.15, 0.2) is 11.5 Å². The van der Waals surface area contributed by atoms with Crippen LogP contribution in [0.2, 0.25) is 0 Å². The maximum absolute atomic E-state index is 11.8. The van der Waals surface area contributed by atoms with Crippen LogP contribution in [0.25, 0.3) is 11.0 Å². The van der Waals surface area contributed by atoms with Gasteiger partial charge in [0, 0.05) is 18.5 Å². The Labute approximate surface area is 183 Å². The summed E-state index contributed by atoms with van der Waals surface area (Å²) in [6, 6.07) is 13.9. The number of allylic oxidation sites excluding steroid dienone is 1. The van der Waals surface area contributed by atoms with Gasteiger partial charge in [0.05, 0.1) is 24.7 Å². The fraction of sp³-hybridized carbons (Fsp3) is 0.280. The van der Waals surface area contributed by atoms with E-state index in [0.29, 0.717) is 43.2 Å². The Bertz CT molecular complexity index is 1080. The van der Waals surface area contributed by atoms with Crippen molar-refractivity contribution in [2.75, 3.05) is 20.3 Å². The number of nitrogens with zero attached hydrogens (tertiary/aromatic N) is 2. The minimum Gasteiger partial charge on any atom is -0.493 e. The number of methoxy groups -OCH3 is 1. The fourth-order valence-corrected chi connectivity index (χ4v) is 3.38. The summed E-state index contributed by atoms with van der Waals surface area (Å²) in [5.41, 5.74) is 3.59. The van der Waals surface area contributed by atoms with Crippen molar-refractivity contribution >= 4 is 16.9 Å². The molecule has 3 aromatic rings. The van der Waals surface area contributed by atoms with Crippen LogP contribution < -0.4 is 14.8 Å². The Morgan fingerprint density at radius 2 is 2.03 bits per heavy atom. The Hall–Kier alpha value is -3.54. The van der Waals surface area contributed by atoms with Crippen LogP contribution in [0.5, 0.6) is 11.5 Å². The third-order valence-electron chi connectivity index (χ3n) is 4.94. The molecular formula is C25H29N3O3. The minimum atomic E-state index is -0.141. The molecule has 0 bridgehead atoms. The van der Waals surface area contributed by atoms with Crippen molar-refractivity contribution in [1.29, 1.82) is 0 Å². The topological polar surface area (TPSA) is 65.4 Å². The Morgan fingerprint density at radius 3 is 2.77 bits per heavy atom. The van der Waals surface area contributed by atoms with E-state index >= 15 is 0 Å². The average molecular weight is 420 g/mol. The number of fused-ring (bicyclic) bond motifs is 1. The summed E-state index contributed by atoms with van der Waals surface area (Å²) < 4.78 is 13.7. The smallest absolute Gasteiger partial charge is 0.246 e. The number of carbonyl (C=O) groups excluding carboxylic acids is 1. The summed E-state index contributed by atoms with van der Waals surface area (Å²) in [6.07, 6.45) is 3.26. The minimum absolute atomic E-state index is 0.141. The van der Waals surface area contributed by atoms with E-state index in [9.17, 15) is 4.79 Å². The molecule has 1 aromatic heterocycles. The summed E-state index contributed by atoms with van der Waals surface area (Å²) >= 11 is 0. The molecule has 0 spiro atoms. The van der Waals surface area contributed by atoms with E-state index in [1.165, 1.54) is 0 Å². The SMILES string of the molecule is C=CCc1ccc(OCCn2c(CCNC(=O)C(=C)C)nc3ccccc32)c(OC)c1. The second-order valence-electron chi connectivity index (χ2n) is 7.28. The number of ether oxygens (including phenoxy) is 2. The second-order valence-corrected chi connectivity index (χ2v) is 7.28. The third-order valence-corrected chi connectivity index (χ3v) is 4.94. The Morgan fingerprint density at radius 1 is 1.23 bits per heavy atom. The van der Waals surface area contributed by atoms with Crippen LogP contribution >= 0.6 is 0 Å². The zero-order valence-electron chi connectivity index (χ0n) is 18.2. The van der Waals surface area contributed by atoms with Crippen LogP contribution in [0, 0.1) is 0 Å². The first-order valence-corrected chi connectivity index (χ1v) is 10.3. The van der Waals surface area contributed by atoms with Gasteiger partial charge in [0.2, 0.25) is 5.91 Å². The van der Waals surface area contributed by atoms with Gasteiger partial charge in [-0.1, -0.05) is 30.9 Å². The van der Waals surface area contributed by atoms with Crippen LogP contribution in [-0.4, -0.2) is 35.7 Å². The molecule has 0 aliphatic heterocycles. The lowest BCUT2D eigenvalue weighted by atomic mass is 10.1. The zero-order valence-corrected chi connectivity index (χ0v) is 18.2. The predicted molar refractivity (Wildman–Crippen MR) is 124 cm³/mol. The lowest BCUT2D eigenvalue weighted by Gasteiger charge is -2.14. The molecule has 6 heteroatoms. The highest BCUT2D eigenvalue weighted by atomic mass is 16.5. The molecule has 0 aliphatic rings. The third kappa shape index (κ3) is 5.54. The standard InChI is InChI=1S/C25H29N3O3/c1-5-8-19-11-12-22(23(17-19)30-4)31-16-15-28-21-10-7-6-9-20(21)27-24(28)13-14-26-25(29)18(2)3/h5-7,9-12,17H,1-2,8,13-16H2,3-4H3,(H,26,29). The first kappa shape index (κ1) is 22.2. The highest BCUT2D eigenvalue weighted by Crippen LogP contribution is 2.28. The van der Waals surface area contributed by atoms with Crippen LogP contribution in [0.15, 0.2) is 67.3 Å². The maximum atomic E-state index is 11.8. The number of hydrogen-bond donors (Lipinski definition) is 1. The van der Waals surface area contributed by atoms with E-state index in [-0.39, 0.29) is 5.91 Å². The van der Waals surface area contributed by atoms with E-state index in [0.717, 1.165) is 28.8 Å². The van der Waals surface area contributed by atoms with Crippen molar-refractivity contribution in [3.8, 4) is 11.5 Å². The molecule has 0 saturated heterocycles. The van der Waals surface area contributed by atoms with Crippen molar-refractivity contribution < 1.29 is 14.3 Å². The van der Waals surface area contributed by atoms with Crippen LogP contribution in [0.3, 0.4) is 0 Å². The molecule has 0 fully saturated rings. The van der Waals surface area contributed by atoms with E-state index in [2.05, 4.69) is 23.0 Å². The number of imidazole rings is 1. The largest absolute Gasteiger partial charge is 0.493 e. The van der Waals surface area contributed by atoms with Crippen LogP contribution in [0.1, 0.15) is 18.3 Å². The first-order valence-electron chi connectivity index (χ1n) is 10.3. The Balaban J connectivity index is 1.71. The lowest BCUT2D eigenvalue weighted by molar-refractivity contribution is -0.117. The molecule has 0 saturated carbocycles. The molecule has 162 valence electrons. The van der Waals surface area contributed by atoms with Gasteiger partial charge in [-0.3, -0.25) is 4.79 Å². The van der Waals surface area contributed by atoms with Crippen molar-refractivity contribution in [2.24, 2.45) is 0 Å². The highest BCUT2D eigenvalue weighted by Gasteiger charge is 2.12. The van der Waals surface area contributed by atoms with E-state index in [1.807, 2.05) is 48.5 Å². The number of carbonyl (C=O) groups is 1. The number of benzene rings is 2. The Kier molecular flexibility index (Phi) is 7.49. The molecule has 0 atom stereocenters. The molecule has 1 heterocycles. The lowest BCUT2D eigenvalue weighted by Crippen LogP contribution is -2.27. The summed E-state index contributed by atoms with van der Waals surface area (Å²) in [4.78, 5) is 16.5. The van der Waals surface area contributed by atoms with E-state index < -0.39 is 0 Å². The van der Waals surface area contributed by atoms with Gasteiger partial charge in [-0.15, -0.1) is 6.58 Å². The molecule has 1 amide bonds. The van der Waals surface area contributed by atoms with Gasteiger partial charge in [0.1, 0.15) is 12.4 Å². The number of nitrogens with one attached hydrogen (secondary N) is 1. The molecule has 0 aliphatic carbocycles. The van der Waals surface area contributed by atoms with E-state index in [4.69, 9.17) is 14.5 Å². The zero-order chi connectivity index (χ0) is 22.2. The van der Waals surface area contributed by atoms with Crippen molar-refractivity contribution in [2.45, 2.75) is 26.3 Å². The van der Waals surface area contributed by atoms with Crippen molar-refractivity contribution in [1.82, 2.24) is 14.9 Å². The van der Waals surface area contributed by atoms with E-state index in [1.54, 1.807) is 14.0 Å². The number of para-hydroxylation sites is 2. The number of rotatable bonds is 11. The number of hydrogen-bond acceptors (Lipinski definition) is 4. The molecular weight excluding hydrogens is 390 g/mol. The van der Waals surface area contributed by atoms with Crippen molar-refractivity contribution in [3.05, 3.63) is 78.7 Å². The molecule has 3 rings (SSSR count). The maximum Gasteiger partial charge on any atom is 0.246 e. The van der Waals surface area contributed by atoms with Gasteiger partial charge < -0.3 is 19.4 Å². The molecule has 2 aromatic carbocycles. The summed E-state index contributed by atoms with van der Waals surface area (Å²) in [7, 11) is 1.64. The first-order chi connectivity index (χ1) is 15.0.